The summed E-state index contributed by atoms with van der Waals surface area (Å²) >= 11 is 1.21. The molecule has 2 aromatic carbocycles. The van der Waals surface area contributed by atoms with E-state index < -0.39 is 5.54 Å². The molecule has 2 amide bonds. The Kier molecular flexibility index (Phi) is 5.50. The quantitative estimate of drug-likeness (QED) is 0.449. The van der Waals surface area contributed by atoms with E-state index in [0.717, 1.165) is 11.1 Å². The summed E-state index contributed by atoms with van der Waals surface area (Å²) in [4.78, 5) is 25.8. The van der Waals surface area contributed by atoms with Crippen molar-refractivity contribution in [2.24, 2.45) is 0 Å². The molecule has 0 saturated carbocycles. The van der Waals surface area contributed by atoms with Crippen molar-refractivity contribution in [3.63, 3.8) is 0 Å². The summed E-state index contributed by atoms with van der Waals surface area (Å²) in [5.74, 6) is -0.351. The van der Waals surface area contributed by atoms with Crippen molar-refractivity contribution < 1.29 is 14.0 Å². The van der Waals surface area contributed by atoms with E-state index in [2.05, 4.69) is 10.6 Å². The molecule has 0 aliphatic heterocycles. The highest BCUT2D eigenvalue weighted by Crippen LogP contribution is 2.31. The highest BCUT2D eigenvalue weighted by atomic mass is 32.1. The van der Waals surface area contributed by atoms with Crippen LogP contribution in [0.25, 0.3) is 0 Å². The van der Waals surface area contributed by atoms with Crippen LogP contribution >= 0.6 is 11.3 Å². The fourth-order valence-electron chi connectivity index (χ4n) is 3.25. The predicted molar refractivity (Wildman–Crippen MR) is 118 cm³/mol. The second kappa shape index (κ2) is 8.39. The van der Waals surface area contributed by atoms with Crippen LogP contribution in [0.1, 0.15) is 38.3 Å². The molecule has 4 aromatic rings. The Hall–Kier alpha value is -3.64. The third-order valence-electron chi connectivity index (χ3n) is 4.88. The van der Waals surface area contributed by atoms with Gasteiger partial charge in [0.05, 0.1) is 21.7 Å². The van der Waals surface area contributed by atoms with E-state index in [0.29, 0.717) is 9.88 Å². The summed E-state index contributed by atoms with van der Waals surface area (Å²) in [5.41, 5.74) is 1.25. The normalized spacial score (nSPS) is 11.1. The number of carbonyl (C=O) groups excluding carboxylic acids is 2. The van der Waals surface area contributed by atoms with Gasteiger partial charge in [0.25, 0.3) is 11.8 Å². The Morgan fingerprint density at radius 3 is 2.00 bits per heavy atom. The van der Waals surface area contributed by atoms with Crippen LogP contribution < -0.4 is 10.6 Å². The molecule has 2 N–H and O–H groups in total. The first kappa shape index (κ1) is 19.7. The number of anilines is 1. The summed E-state index contributed by atoms with van der Waals surface area (Å²) in [6, 6.07) is 26.3. The molecule has 30 heavy (non-hydrogen) atoms. The number of benzene rings is 2. The van der Waals surface area contributed by atoms with Crippen molar-refractivity contribution in [3.8, 4) is 0 Å². The van der Waals surface area contributed by atoms with E-state index in [9.17, 15) is 9.59 Å². The van der Waals surface area contributed by atoms with Gasteiger partial charge in [-0.3, -0.25) is 9.59 Å². The van der Waals surface area contributed by atoms with Crippen LogP contribution in [-0.4, -0.2) is 11.8 Å². The van der Waals surface area contributed by atoms with Gasteiger partial charge >= 0.3 is 0 Å². The lowest BCUT2D eigenvalue weighted by Crippen LogP contribution is -2.44. The summed E-state index contributed by atoms with van der Waals surface area (Å²) < 4.78 is 5.10. The molecule has 2 aromatic heterocycles. The number of hydrogen-bond donors (Lipinski definition) is 2. The molecule has 5 nitrogen and oxygen atoms in total. The van der Waals surface area contributed by atoms with Gasteiger partial charge in [-0.1, -0.05) is 60.7 Å². The number of rotatable bonds is 6. The molecule has 0 spiro atoms. The Morgan fingerprint density at radius 2 is 1.43 bits per heavy atom. The SMILES string of the molecule is CC(NC(=O)c1ccc(NC(=O)c2ccco2)s1)(c1ccccc1)c1ccccc1. The van der Waals surface area contributed by atoms with Gasteiger partial charge in [0.1, 0.15) is 0 Å². The average molecular weight is 417 g/mol. The van der Waals surface area contributed by atoms with Crippen LogP contribution in [0.5, 0.6) is 0 Å². The third kappa shape index (κ3) is 4.04. The van der Waals surface area contributed by atoms with Crippen molar-refractivity contribution in [2.75, 3.05) is 5.32 Å². The fraction of sp³-hybridized carbons (Fsp3) is 0.0833. The summed E-state index contributed by atoms with van der Waals surface area (Å²) in [6.07, 6.45) is 1.44. The molecule has 0 unspecified atom stereocenters. The van der Waals surface area contributed by atoms with Crippen LogP contribution in [0, 0.1) is 0 Å². The lowest BCUT2D eigenvalue weighted by molar-refractivity contribution is 0.0922. The van der Waals surface area contributed by atoms with Crippen molar-refractivity contribution in [3.05, 3.63) is 113 Å². The summed E-state index contributed by atoms with van der Waals surface area (Å²) in [7, 11) is 0. The van der Waals surface area contributed by atoms with Crippen molar-refractivity contribution in [2.45, 2.75) is 12.5 Å². The van der Waals surface area contributed by atoms with Crippen molar-refractivity contribution in [1.29, 1.82) is 0 Å². The molecule has 150 valence electrons. The number of furan rings is 1. The highest BCUT2D eigenvalue weighted by molar-refractivity contribution is 7.18. The van der Waals surface area contributed by atoms with Gasteiger partial charge < -0.3 is 15.1 Å². The van der Waals surface area contributed by atoms with Crippen molar-refractivity contribution >= 4 is 28.2 Å². The summed E-state index contributed by atoms with van der Waals surface area (Å²) in [6.45, 7) is 1.99. The molecule has 0 bridgehead atoms. The Morgan fingerprint density at radius 1 is 0.800 bits per heavy atom. The van der Waals surface area contributed by atoms with Crippen LogP contribution in [0.15, 0.2) is 95.6 Å². The van der Waals surface area contributed by atoms with Gasteiger partial charge in [0, 0.05) is 0 Å². The number of thiophene rings is 1. The summed E-state index contributed by atoms with van der Waals surface area (Å²) in [5, 5.41) is 6.50. The molecular weight excluding hydrogens is 396 g/mol. The van der Waals surface area contributed by atoms with Gasteiger partial charge in [-0.25, -0.2) is 0 Å². The van der Waals surface area contributed by atoms with E-state index >= 15 is 0 Å². The highest BCUT2D eigenvalue weighted by Gasteiger charge is 2.31. The third-order valence-corrected chi connectivity index (χ3v) is 5.88. The minimum atomic E-state index is -0.707. The van der Waals surface area contributed by atoms with E-state index in [1.807, 2.05) is 67.6 Å². The average Bonchev–Trinajstić information content (AvgIpc) is 3.47. The Balaban J connectivity index is 1.57. The maximum Gasteiger partial charge on any atom is 0.291 e. The van der Waals surface area contributed by atoms with E-state index in [1.165, 1.54) is 17.6 Å². The second-order valence-corrected chi connectivity index (χ2v) is 7.99. The molecule has 4 rings (SSSR count). The molecule has 0 aliphatic carbocycles. The van der Waals surface area contributed by atoms with Gasteiger partial charge in [-0.05, 0) is 42.3 Å². The molecule has 0 radical (unpaired) electrons. The number of hydrogen-bond acceptors (Lipinski definition) is 4. The van der Waals surface area contributed by atoms with Gasteiger partial charge in [0.2, 0.25) is 0 Å². The second-order valence-electron chi connectivity index (χ2n) is 6.91. The van der Waals surface area contributed by atoms with Gasteiger partial charge in [-0.2, -0.15) is 0 Å². The lowest BCUT2D eigenvalue weighted by Gasteiger charge is -2.32. The zero-order valence-electron chi connectivity index (χ0n) is 16.3. The van der Waals surface area contributed by atoms with E-state index in [1.54, 1.807) is 24.3 Å². The number of nitrogens with one attached hydrogen (secondary N) is 2. The minimum absolute atomic E-state index is 0.214. The largest absolute Gasteiger partial charge is 0.459 e. The predicted octanol–water partition coefficient (Wildman–Crippen LogP) is 5.29. The monoisotopic (exact) mass is 416 g/mol. The standard InChI is InChI=1S/C24H20N2O3S/c1-24(17-9-4-2-5-10-17,18-11-6-3-7-12-18)26-23(28)20-14-15-21(30-20)25-22(27)19-13-8-16-29-19/h2-16H,1H3,(H,25,27)(H,26,28). The smallest absolute Gasteiger partial charge is 0.291 e. The first-order valence-electron chi connectivity index (χ1n) is 9.44. The number of carbonyl (C=O) groups is 2. The molecule has 2 heterocycles. The molecular formula is C24H20N2O3S. The first-order valence-corrected chi connectivity index (χ1v) is 10.3. The Labute approximate surface area is 178 Å². The van der Waals surface area contributed by atoms with Gasteiger partial charge in [0.15, 0.2) is 5.76 Å². The molecule has 0 saturated heterocycles. The van der Waals surface area contributed by atoms with Crippen molar-refractivity contribution in [1.82, 2.24) is 5.32 Å². The minimum Gasteiger partial charge on any atom is -0.459 e. The van der Waals surface area contributed by atoms with E-state index in [-0.39, 0.29) is 17.6 Å². The van der Waals surface area contributed by atoms with Crippen LogP contribution in [0.2, 0.25) is 0 Å². The molecule has 0 fully saturated rings. The molecule has 6 heteroatoms. The topological polar surface area (TPSA) is 71.3 Å². The van der Waals surface area contributed by atoms with Crippen LogP contribution in [-0.2, 0) is 5.54 Å². The number of amides is 2. The van der Waals surface area contributed by atoms with E-state index in [4.69, 9.17) is 4.42 Å². The van der Waals surface area contributed by atoms with Gasteiger partial charge in [-0.15, -0.1) is 11.3 Å². The maximum absolute atomic E-state index is 13.1. The zero-order valence-corrected chi connectivity index (χ0v) is 17.1. The van der Waals surface area contributed by atoms with Crippen LogP contribution in [0.4, 0.5) is 5.00 Å². The molecule has 0 aliphatic rings. The fourth-order valence-corrected chi connectivity index (χ4v) is 4.05. The maximum atomic E-state index is 13.1. The zero-order chi connectivity index (χ0) is 21.0. The Bertz CT molecular complexity index is 1100. The first-order chi connectivity index (χ1) is 14.6. The molecule has 0 atom stereocenters. The lowest BCUT2D eigenvalue weighted by atomic mass is 9.84. The van der Waals surface area contributed by atoms with Crippen LogP contribution in [0.3, 0.4) is 0 Å².